The van der Waals surface area contributed by atoms with Crippen molar-refractivity contribution in [3.8, 4) is 0 Å². The molecular formula is C22H24N2O3S. The highest BCUT2D eigenvalue weighted by Gasteiger charge is 2.26. The molecule has 3 aromatic rings. The number of amides is 2. The number of rotatable bonds is 3. The predicted molar refractivity (Wildman–Crippen MR) is 111 cm³/mol. The Hall–Kier alpha value is -2.60. The summed E-state index contributed by atoms with van der Waals surface area (Å²) in [4.78, 5) is 31.0. The fraction of sp³-hybridized carbons (Fsp3) is 0.364. The molecule has 0 N–H and O–H groups in total. The van der Waals surface area contributed by atoms with E-state index in [4.69, 9.17) is 4.42 Å². The Morgan fingerprint density at radius 1 is 1.00 bits per heavy atom. The van der Waals surface area contributed by atoms with E-state index in [-0.39, 0.29) is 11.8 Å². The van der Waals surface area contributed by atoms with Crippen LogP contribution < -0.4 is 0 Å². The molecule has 2 amide bonds. The summed E-state index contributed by atoms with van der Waals surface area (Å²) in [6.07, 6.45) is 2.03. The summed E-state index contributed by atoms with van der Waals surface area (Å²) in [5.74, 6) is 0.150. The Kier molecular flexibility index (Phi) is 4.98. The summed E-state index contributed by atoms with van der Waals surface area (Å²) in [6, 6.07) is 7.95. The molecular weight excluding hydrogens is 372 g/mol. The number of nitrogens with zero attached hydrogens (tertiary/aromatic N) is 2. The molecule has 3 heterocycles. The maximum atomic E-state index is 12.8. The number of fused-ring (bicyclic) bond motifs is 1. The minimum Gasteiger partial charge on any atom is -0.464 e. The lowest BCUT2D eigenvalue weighted by Crippen LogP contribution is -2.50. The monoisotopic (exact) mass is 396 g/mol. The summed E-state index contributed by atoms with van der Waals surface area (Å²) >= 11 is 1.52. The van der Waals surface area contributed by atoms with Gasteiger partial charge in [-0.25, -0.2) is 0 Å². The van der Waals surface area contributed by atoms with Gasteiger partial charge in [-0.1, -0.05) is 12.1 Å². The van der Waals surface area contributed by atoms with Gasteiger partial charge in [0.1, 0.15) is 5.58 Å². The van der Waals surface area contributed by atoms with Crippen LogP contribution in [0.25, 0.3) is 11.0 Å². The van der Waals surface area contributed by atoms with Crippen molar-refractivity contribution in [3.63, 3.8) is 0 Å². The average molecular weight is 397 g/mol. The van der Waals surface area contributed by atoms with Gasteiger partial charge in [-0.05, 0) is 44.0 Å². The van der Waals surface area contributed by atoms with Gasteiger partial charge in [0.2, 0.25) is 5.91 Å². The van der Waals surface area contributed by atoms with Crippen LogP contribution in [-0.4, -0.2) is 47.8 Å². The van der Waals surface area contributed by atoms with Crippen LogP contribution in [0.1, 0.15) is 31.2 Å². The summed E-state index contributed by atoms with van der Waals surface area (Å²) in [7, 11) is 0. The first-order valence-corrected chi connectivity index (χ1v) is 10.4. The van der Waals surface area contributed by atoms with Crippen molar-refractivity contribution in [2.75, 3.05) is 26.2 Å². The van der Waals surface area contributed by atoms with E-state index in [2.05, 4.69) is 13.0 Å². The van der Waals surface area contributed by atoms with E-state index in [1.54, 1.807) is 6.26 Å². The number of aryl methyl sites for hydroxylation is 3. The highest BCUT2D eigenvalue weighted by molar-refractivity contribution is 7.13. The van der Waals surface area contributed by atoms with Crippen molar-refractivity contribution in [1.29, 1.82) is 0 Å². The number of hydrogen-bond acceptors (Lipinski definition) is 4. The number of thiophene rings is 1. The second-order valence-electron chi connectivity index (χ2n) is 7.41. The van der Waals surface area contributed by atoms with Crippen LogP contribution >= 0.6 is 11.3 Å². The molecule has 0 spiro atoms. The summed E-state index contributed by atoms with van der Waals surface area (Å²) in [5.41, 5.74) is 4.09. The molecule has 146 valence electrons. The van der Waals surface area contributed by atoms with Crippen LogP contribution in [0.3, 0.4) is 0 Å². The van der Waals surface area contributed by atoms with Gasteiger partial charge in [0.15, 0.2) is 0 Å². The van der Waals surface area contributed by atoms with Crippen molar-refractivity contribution >= 4 is 34.1 Å². The van der Waals surface area contributed by atoms with Gasteiger partial charge in [0.05, 0.1) is 17.6 Å². The predicted octanol–water partition coefficient (Wildman–Crippen LogP) is 3.95. The molecule has 1 saturated heterocycles. The van der Waals surface area contributed by atoms with Crippen LogP contribution in [0.2, 0.25) is 0 Å². The second-order valence-corrected chi connectivity index (χ2v) is 8.69. The first-order chi connectivity index (χ1) is 13.4. The van der Waals surface area contributed by atoms with E-state index in [1.807, 2.05) is 41.8 Å². The minimum absolute atomic E-state index is 0.0665. The molecule has 4 rings (SSSR count). The fourth-order valence-corrected chi connectivity index (χ4v) is 4.50. The van der Waals surface area contributed by atoms with Crippen molar-refractivity contribution in [2.24, 2.45) is 0 Å². The smallest absolute Gasteiger partial charge is 0.264 e. The second kappa shape index (κ2) is 7.43. The van der Waals surface area contributed by atoms with Crippen LogP contribution in [0.5, 0.6) is 0 Å². The summed E-state index contributed by atoms with van der Waals surface area (Å²) in [5, 5.41) is 1.01. The molecule has 1 aromatic carbocycles. The number of furan rings is 1. The van der Waals surface area contributed by atoms with Crippen molar-refractivity contribution in [3.05, 3.63) is 57.0 Å². The Bertz CT molecular complexity index is 1040. The van der Waals surface area contributed by atoms with Crippen molar-refractivity contribution < 1.29 is 14.0 Å². The van der Waals surface area contributed by atoms with Crippen LogP contribution in [0.4, 0.5) is 0 Å². The molecule has 1 aliphatic rings. The molecule has 0 aliphatic carbocycles. The van der Waals surface area contributed by atoms with Gasteiger partial charge >= 0.3 is 0 Å². The third-order valence-corrected chi connectivity index (χ3v) is 6.54. The topological polar surface area (TPSA) is 53.8 Å². The van der Waals surface area contributed by atoms with Crippen molar-refractivity contribution in [2.45, 2.75) is 27.2 Å². The van der Waals surface area contributed by atoms with Gasteiger partial charge in [-0.3, -0.25) is 9.59 Å². The van der Waals surface area contributed by atoms with E-state index < -0.39 is 0 Å². The lowest BCUT2D eigenvalue weighted by atomic mass is 10.0. The molecule has 28 heavy (non-hydrogen) atoms. The Balaban J connectivity index is 1.39. The van der Waals surface area contributed by atoms with E-state index in [0.29, 0.717) is 32.6 Å². The van der Waals surface area contributed by atoms with Gasteiger partial charge < -0.3 is 14.2 Å². The molecule has 2 aromatic heterocycles. The van der Waals surface area contributed by atoms with E-state index in [1.165, 1.54) is 16.9 Å². The standard InChI is InChI=1S/C22H24N2O3S/c1-14-4-6-18-17(13-27-21(18)16(14)3)12-20(25)23-8-10-24(11-9-23)22(26)19-7-5-15(2)28-19/h4-7,13H,8-12H2,1-3H3. The molecule has 0 radical (unpaired) electrons. The number of piperazine rings is 1. The summed E-state index contributed by atoms with van der Waals surface area (Å²) in [6.45, 7) is 8.39. The quantitative estimate of drug-likeness (QED) is 0.674. The zero-order valence-electron chi connectivity index (χ0n) is 16.4. The van der Waals surface area contributed by atoms with Crippen LogP contribution in [-0.2, 0) is 11.2 Å². The SMILES string of the molecule is Cc1ccc(C(=O)N2CCN(C(=O)Cc3coc4c(C)c(C)ccc34)CC2)s1. The first-order valence-electron chi connectivity index (χ1n) is 9.54. The average Bonchev–Trinajstić information content (AvgIpc) is 3.31. The molecule has 5 nitrogen and oxygen atoms in total. The summed E-state index contributed by atoms with van der Waals surface area (Å²) < 4.78 is 5.73. The molecule has 0 atom stereocenters. The number of carbonyl (C=O) groups excluding carboxylic acids is 2. The first kappa shape index (κ1) is 18.7. The van der Waals surface area contributed by atoms with Gasteiger partial charge in [0, 0.05) is 42.0 Å². The third-order valence-electron chi connectivity index (χ3n) is 5.55. The highest BCUT2D eigenvalue weighted by Crippen LogP contribution is 2.27. The van der Waals surface area contributed by atoms with Crippen molar-refractivity contribution in [1.82, 2.24) is 9.80 Å². The number of benzene rings is 1. The maximum absolute atomic E-state index is 12.8. The van der Waals surface area contributed by atoms with Gasteiger partial charge in [-0.15, -0.1) is 11.3 Å². The Morgan fingerprint density at radius 3 is 2.39 bits per heavy atom. The maximum Gasteiger partial charge on any atom is 0.264 e. The molecule has 6 heteroatoms. The fourth-order valence-electron chi connectivity index (χ4n) is 3.66. The lowest BCUT2D eigenvalue weighted by molar-refractivity contribution is -0.131. The molecule has 1 fully saturated rings. The van der Waals surface area contributed by atoms with E-state index in [0.717, 1.165) is 31.9 Å². The zero-order chi connectivity index (χ0) is 19.8. The van der Waals surface area contributed by atoms with Gasteiger partial charge in [-0.2, -0.15) is 0 Å². The van der Waals surface area contributed by atoms with Gasteiger partial charge in [0.25, 0.3) is 5.91 Å². The number of hydrogen-bond donors (Lipinski definition) is 0. The largest absolute Gasteiger partial charge is 0.464 e. The highest BCUT2D eigenvalue weighted by atomic mass is 32.1. The molecule has 0 saturated carbocycles. The Morgan fingerprint density at radius 2 is 1.71 bits per heavy atom. The molecule has 0 bridgehead atoms. The molecule has 1 aliphatic heterocycles. The normalized spacial score (nSPS) is 14.7. The van der Waals surface area contributed by atoms with E-state index >= 15 is 0 Å². The van der Waals surface area contributed by atoms with Crippen LogP contribution in [0.15, 0.2) is 34.9 Å². The van der Waals surface area contributed by atoms with Crippen LogP contribution in [0, 0.1) is 20.8 Å². The minimum atomic E-state index is 0.0665. The molecule has 0 unspecified atom stereocenters. The zero-order valence-corrected chi connectivity index (χ0v) is 17.3. The lowest BCUT2D eigenvalue weighted by Gasteiger charge is -2.34. The Labute approximate surface area is 168 Å². The van der Waals surface area contributed by atoms with E-state index in [9.17, 15) is 9.59 Å². The third kappa shape index (κ3) is 3.44. The number of carbonyl (C=O) groups is 2.